The third-order valence-corrected chi connectivity index (χ3v) is 4.95. The van der Waals surface area contributed by atoms with Crippen molar-refractivity contribution in [3.8, 4) is 11.5 Å². The predicted molar refractivity (Wildman–Crippen MR) is 104 cm³/mol. The monoisotopic (exact) mass is 415 g/mol. The van der Waals surface area contributed by atoms with E-state index in [2.05, 4.69) is 0 Å². The van der Waals surface area contributed by atoms with Gasteiger partial charge in [0, 0.05) is 6.54 Å². The summed E-state index contributed by atoms with van der Waals surface area (Å²) in [6.45, 7) is 1.15. The summed E-state index contributed by atoms with van der Waals surface area (Å²) >= 11 is 6.17. The molecule has 150 valence electrons. The fraction of sp³-hybridized carbons (Fsp3) is 0.286. The van der Waals surface area contributed by atoms with Gasteiger partial charge in [0.15, 0.2) is 11.5 Å². The molecule has 2 aromatic rings. The normalized spacial score (nSPS) is 14.7. The quantitative estimate of drug-likeness (QED) is 0.410. The Balaban J connectivity index is 1.27. The van der Waals surface area contributed by atoms with Crippen LogP contribution in [0.15, 0.2) is 36.4 Å². The van der Waals surface area contributed by atoms with Gasteiger partial charge < -0.3 is 14.2 Å². The van der Waals surface area contributed by atoms with Gasteiger partial charge in [-0.3, -0.25) is 19.3 Å². The van der Waals surface area contributed by atoms with Crippen molar-refractivity contribution in [2.24, 2.45) is 0 Å². The molecule has 0 spiro atoms. The van der Waals surface area contributed by atoms with E-state index >= 15 is 0 Å². The average Bonchev–Trinajstić information content (AvgIpc) is 2.96. The van der Waals surface area contributed by atoms with Gasteiger partial charge in [-0.2, -0.15) is 0 Å². The van der Waals surface area contributed by atoms with E-state index in [0.29, 0.717) is 52.8 Å². The second-order valence-corrected chi connectivity index (χ2v) is 7.07. The van der Waals surface area contributed by atoms with Crippen molar-refractivity contribution in [1.29, 1.82) is 0 Å². The van der Waals surface area contributed by atoms with Gasteiger partial charge in [0.05, 0.1) is 29.2 Å². The highest BCUT2D eigenvalue weighted by molar-refractivity contribution is 6.32. The first-order valence-corrected chi connectivity index (χ1v) is 9.61. The van der Waals surface area contributed by atoms with E-state index in [9.17, 15) is 14.4 Å². The minimum absolute atomic E-state index is 0.0311. The number of halogens is 1. The van der Waals surface area contributed by atoms with Crippen LogP contribution in [0.1, 0.15) is 32.7 Å². The molecule has 0 saturated carbocycles. The maximum Gasteiger partial charge on any atom is 0.310 e. The van der Waals surface area contributed by atoms with Crippen molar-refractivity contribution in [3.05, 3.63) is 58.1 Å². The number of carbonyl (C=O) groups is 3. The van der Waals surface area contributed by atoms with Gasteiger partial charge in [0.1, 0.15) is 13.2 Å². The third kappa shape index (κ3) is 3.91. The Kier molecular flexibility index (Phi) is 5.40. The van der Waals surface area contributed by atoms with Crippen molar-refractivity contribution in [2.75, 3.05) is 26.4 Å². The fourth-order valence-electron chi connectivity index (χ4n) is 3.33. The van der Waals surface area contributed by atoms with Gasteiger partial charge >= 0.3 is 5.97 Å². The molecule has 2 aliphatic rings. The molecule has 8 heteroatoms. The number of hydrogen-bond donors (Lipinski definition) is 0. The maximum atomic E-state index is 12.3. The number of benzene rings is 2. The van der Waals surface area contributed by atoms with Crippen LogP contribution in [0.2, 0.25) is 5.02 Å². The smallest absolute Gasteiger partial charge is 0.310 e. The van der Waals surface area contributed by atoms with Crippen LogP contribution in [0.25, 0.3) is 0 Å². The second kappa shape index (κ2) is 8.13. The molecule has 0 radical (unpaired) electrons. The number of ether oxygens (including phenoxy) is 3. The van der Waals surface area contributed by atoms with Crippen LogP contribution >= 0.6 is 11.6 Å². The summed E-state index contributed by atoms with van der Waals surface area (Å²) in [5.74, 6) is -0.0704. The van der Waals surface area contributed by atoms with Crippen molar-refractivity contribution < 1.29 is 28.6 Å². The number of rotatable bonds is 6. The van der Waals surface area contributed by atoms with E-state index in [4.69, 9.17) is 25.8 Å². The van der Waals surface area contributed by atoms with E-state index in [0.717, 1.165) is 0 Å². The largest absolute Gasteiger partial charge is 0.486 e. The molecule has 2 amide bonds. The van der Waals surface area contributed by atoms with E-state index in [1.807, 2.05) is 0 Å². The molecule has 0 atom stereocenters. The number of amides is 2. The first kappa shape index (κ1) is 19.3. The van der Waals surface area contributed by atoms with Crippen molar-refractivity contribution in [2.45, 2.75) is 12.8 Å². The molecule has 2 heterocycles. The number of hydrogen-bond acceptors (Lipinski definition) is 6. The number of carbonyl (C=O) groups excluding carboxylic acids is 3. The van der Waals surface area contributed by atoms with E-state index < -0.39 is 5.97 Å². The van der Waals surface area contributed by atoms with E-state index in [1.165, 1.54) is 4.90 Å². The van der Waals surface area contributed by atoms with E-state index in [-0.39, 0.29) is 31.4 Å². The molecule has 0 fully saturated rings. The molecular formula is C21H18ClNO6. The third-order valence-electron chi connectivity index (χ3n) is 4.67. The van der Waals surface area contributed by atoms with Crippen LogP contribution < -0.4 is 9.47 Å². The maximum absolute atomic E-state index is 12.3. The molecule has 0 bridgehead atoms. The molecule has 2 aromatic carbocycles. The molecule has 2 aliphatic heterocycles. The lowest BCUT2D eigenvalue weighted by Crippen LogP contribution is -2.31. The SMILES string of the molecule is O=C(Cc1cc(Cl)c2c(c1)OCCO2)OCCCN1C(=O)c2ccccc2C1=O. The first-order chi connectivity index (χ1) is 14.0. The Labute approximate surface area is 172 Å². The summed E-state index contributed by atoms with van der Waals surface area (Å²) in [7, 11) is 0. The van der Waals surface area contributed by atoms with Gasteiger partial charge in [0.2, 0.25) is 0 Å². The zero-order valence-corrected chi connectivity index (χ0v) is 16.2. The van der Waals surface area contributed by atoms with Gasteiger partial charge in [0.25, 0.3) is 11.8 Å². The minimum atomic E-state index is -0.430. The summed E-state index contributed by atoms with van der Waals surface area (Å²) in [6, 6.07) is 10.1. The van der Waals surface area contributed by atoms with Crippen molar-refractivity contribution >= 4 is 29.4 Å². The zero-order valence-electron chi connectivity index (χ0n) is 15.5. The lowest BCUT2D eigenvalue weighted by molar-refractivity contribution is -0.142. The van der Waals surface area contributed by atoms with Crippen LogP contribution in [0.3, 0.4) is 0 Å². The number of esters is 1. The topological polar surface area (TPSA) is 82.1 Å². The predicted octanol–water partition coefficient (Wildman–Crippen LogP) is 2.88. The summed E-state index contributed by atoms with van der Waals surface area (Å²) in [4.78, 5) is 37.9. The lowest BCUT2D eigenvalue weighted by Gasteiger charge is -2.20. The first-order valence-electron chi connectivity index (χ1n) is 9.23. The molecule has 0 N–H and O–H groups in total. The molecule has 0 unspecified atom stereocenters. The van der Waals surface area contributed by atoms with Crippen molar-refractivity contribution in [3.63, 3.8) is 0 Å². The Hall–Kier alpha value is -3.06. The summed E-state index contributed by atoms with van der Waals surface area (Å²) < 4.78 is 16.2. The standard InChI is InChI=1S/C21H18ClNO6/c22-16-10-13(11-17-19(16)29-9-8-27-17)12-18(24)28-7-3-6-23-20(25)14-4-1-2-5-15(14)21(23)26/h1-2,4-5,10-11H,3,6-9,12H2. The number of imide groups is 1. The highest BCUT2D eigenvalue weighted by Gasteiger charge is 2.34. The highest BCUT2D eigenvalue weighted by Crippen LogP contribution is 2.38. The Morgan fingerprint density at radius 2 is 1.76 bits per heavy atom. The van der Waals surface area contributed by atoms with Gasteiger partial charge in [-0.15, -0.1) is 0 Å². The van der Waals surface area contributed by atoms with Crippen LogP contribution in [0, 0.1) is 0 Å². The average molecular weight is 416 g/mol. The minimum Gasteiger partial charge on any atom is -0.486 e. The van der Waals surface area contributed by atoms with Crippen LogP contribution in [-0.4, -0.2) is 49.0 Å². The summed E-state index contributed by atoms with van der Waals surface area (Å²) in [5, 5.41) is 0.385. The summed E-state index contributed by atoms with van der Waals surface area (Å²) in [5.41, 5.74) is 1.47. The van der Waals surface area contributed by atoms with Gasteiger partial charge in [-0.05, 0) is 36.2 Å². The van der Waals surface area contributed by atoms with Crippen LogP contribution in [0.4, 0.5) is 0 Å². The zero-order chi connectivity index (χ0) is 20.4. The molecule has 0 saturated heterocycles. The Morgan fingerprint density at radius 3 is 2.48 bits per heavy atom. The molecule has 0 aliphatic carbocycles. The van der Waals surface area contributed by atoms with Gasteiger partial charge in [-0.25, -0.2) is 0 Å². The molecule has 29 heavy (non-hydrogen) atoms. The van der Waals surface area contributed by atoms with E-state index in [1.54, 1.807) is 36.4 Å². The van der Waals surface area contributed by atoms with Crippen molar-refractivity contribution in [1.82, 2.24) is 4.90 Å². The van der Waals surface area contributed by atoms with Crippen LogP contribution in [0.5, 0.6) is 11.5 Å². The Bertz CT molecular complexity index is 954. The number of fused-ring (bicyclic) bond motifs is 2. The summed E-state index contributed by atoms with van der Waals surface area (Å²) in [6.07, 6.45) is 0.391. The lowest BCUT2D eigenvalue weighted by atomic mass is 10.1. The second-order valence-electron chi connectivity index (χ2n) is 6.66. The number of nitrogens with zero attached hydrogens (tertiary/aromatic N) is 1. The highest BCUT2D eigenvalue weighted by atomic mass is 35.5. The molecule has 0 aromatic heterocycles. The molecule has 7 nitrogen and oxygen atoms in total. The molecule has 4 rings (SSSR count). The van der Waals surface area contributed by atoms with Crippen LogP contribution in [-0.2, 0) is 16.0 Å². The molecular weight excluding hydrogens is 398 g/mol. The fourth-order valence-corrected chi connectivity index (χ4v) is 3.62. The van der Waals surface area contributed by atoms with Gasteiger partial charge in [-0.1, -0.05) is 23.7 Å². The Morgan fingerprint density at radius 1 is 1.07 bits per heavy atom.